The number of methoxy groups -OCH3 is 1. The van der Waals surface area contributed by atoms with Crippen molar-refractivity contribution in [1.82, 2.24) is 0 Å². The van der Waals surface area contributed by atoms with Crippen molar-refractivity contribution in [1.29, 1.82) is 0 Å². The predicted octanol–water partition coefficient (Wildman–Crippen LogP) is 3.51. The lowest BCUT2D eigenvalue weighted by Crippen LogP contribution is -2.11. The molecule has 1 aromatic rings. The average molecular weight is 312 g/mol. The molecule has 0 radical (unpaired) electrons. The summed E-state index contributed by atoms with van der Waals surface area (Å²) in [5.41, 5.74) is 1.08. The zero-order valence-corrected chi connectivity index (χ0v) is 13.5. The van der Waals surface area contributed by atoms with Gasteiger partial charge in [0, 0.05) is 5.57 Å². The number of benzene rings is 1. The van der Waals surface area contributed by atoms with Crippen molar-refractivity contribution in [3.8, 4) is 0 Å². The minimum atomic E-state index is -3.35. The monoisotopic (exact) mass is 312 g/mol. The molecular weight excluding hydrogens is 291 g/mol. The van der Waals surface area contributed by atoms with Gasteiger partial charge in [-0.3, -0.25) is 4.57 Å². The van der Waals surface area contributed by atoms with E-state index in [9.17, 15) is 9.36 Å². The maximum atomic E-state index is 12.5. The number of carbonyl (C=O) groups is 1. The summed E-state index contributed by atoms with van der Waals surface area (Å²) < 4.78 is 27.7. The van der Waals surface area contributed by atoms with Gasteiger partial charge in [-0.25, -0.2) is 4.79 Å². The maximum Gasteiger partial charge on any atom is 0.335 e. The van der Waals surface area contributed by atoms with E-state index >= 15 is 0 Å². The fraction of sp³-hybridized carbons (Fsp3) is 0.400. The summed E-state index contributed by atoms with van der Waals surface area (Å²) in [5, 5.41) is 0. The van der Waals surface area contributed by atoms with Crippen LogP contribution in [0.1, 0.15) is 19.4 Å². The Labute approximate surface area is 125 Å². The van der Waals surface area contributed by atoms with Gasteiger partial charge in [0.05, 0.1) is 26.5 Å². The highest BCUT2D eigenvalue weighted by Gasteiger charge is 2.28. The van der Waals surface area contributed by atoms with E-state index < -0.39 is 13.6 Å². The SMILES string of the molecule is CCOP(=O)(C/C(=C\c1ccccc1)C(=O)OC)OCC. The molecule has 0 atom stereocenters. The van der Waals surface area contributed by atoms with Gasteiger partial charge in [-0.05, 0) is 25.5 Å². The normalized spacial score (nSPS) is 12.2. The minimum Gasteiger partial charge on any atom is -0.466 e. The summed E-state index contributed by atoms with van der Waals surface area (Å²) >= 11 is 0. The van der Waals surface area contributed by atoms with Crippen LogP contribution in [0.15, 0.2) is 35.9 Å². The molecule has 0 saturated heterocycles. The van der Waals surface area contributed by atoms with Crippen LogP contribution < -0.4 is 0 Å². The Morgan fingerprint density at radius 2 is 1.71 bits per heavy atom. The molecule has 0 aliphatic rings. The van der Waals surface area contributed by atoms with Crippen LogP contribution in [0.5, 0.6) is 0 Å². The first-order valence-corrected chi connectivity index (χ1v) is 8.49. The molecule has 0 aromatic heterocycles. The molecule has 1 rings (SSSR count). The molecule has 1 aromatic carbocycles. The first-order valence-electron chi connectivity index (χ1n) is 6.76. The van der Waals surface area contributed by atoms with E-state index in [0.29, 0.717) is 0 Å². The van der Waals surface area contributed by atoms with Crippen LogP contribution in [0.2, 0.25) is 0 Å². The Kier molecular flexibility index (Phi) is 7.37. The van der Waals surface area contributed by atoms with E-state index in [1.165, 1.54) is 7.11 Å². The van der Waals surface area contributed by atoms with Crippen LogP contribution >= 0.6 is 7.60 Å². The lowest BCUT2D eigenvalue weighted by Gasteiger charge is -2.17. The molecule has 0 saturated carbocycles. The topological polar surface area (TPSA) is 61.8 Å². The van der Waals surface area contributed by atoms with E-state index in [-0.39, 0.29) is 24.9 Å². The largest absolute Gasteiger partial charge is 0.466 e. The van der Waals surface area contributed by atoms with Crippen molar-refractivity contribution in [3.05, 3.63) is 41.5 Å². The summed E-state index contributed by atoms with van der Waals surface area (Å²) in [6, 6.07) is 9.27. The third-order valence-electron chi connectivity index (χ3n) is 2.60. The molecule has 0 N–H and O–H groups in total. The summed E-state index contributed by atoms with van der Waals surface area (Å²) in [6.45, 7) is 3.95. The van der Waals surface area contributed by atoms with Gasteiger partial charge in [0.1, 0.15) is 0 Å². The molecule has 0 heterocycles. The molecule has 0 aliphatic heterocycles. The molecule has 116 valence electrons. The Balaban J connectivity index is 3.06. The quantitative estimate of drug-likeness (QED) is 0.417. The lowest BCUT2D eigenvalue weighted by atomic mass is 10.1. The van der Waals surface area contributed by atoms with Gasteiger partial charge in [0.25, 0.3) is 0 Å². The third-order valence-corrected chi connectivity index (χ3v) is 4.63. The van der Waals surface area contributed by atoms with Crippen molar-refractivity contribution in [2.75, 3.05) is 26.5 Å². The average Bonchev–Trinajstić information content (AvgIpc) is 2.47. The van der Waals surface area contributed by atoms with Gasteiger partial charge < -0.3 is 13.8 Å². The van der Waals surface area contributed by atoms with E-state index in [2.05, 4.69) is 0 Å². The summed E-state index contributed by atoms with van der Waals surface area (Å²) in [4.78, 5) is 11.9. The number of hydrogen-bond acceptors (Lipinski definition) is 5. The standard InChI is InChI=1S/C15H21O5P/c1-4-19-21(17,20-5-2)12-14(15(16)18-3)11-13-9-7-6-8-10-13/h6-11H,4-5,12H2,1-3H3/b14-11+. The Morgan fingerprint density at radius 1 is 1.14 bits per heavy atom. The van der Waals surface area contributed by atoms with Crippen molar-refractivity contribution < 1.29 is 23.1 Å². The number of hydrogen-bond donors (Lipinski definition) is 0. The summed E-state index contributed by atoms with van der Waals surface area (Å²) in [5.74, 6) is -0.543. The van der Waals surface area contributed by atoms with Crippen LogP contribution in [0.25, 0.3) is 6.08 Å². The first-order chi connectivity index (χ1) is 10.0. The van der Waals surface area contributed by atoms with Gasteiger partial charge in [0.15, 0.2) is 0 Å². The van der Waals surface area contributed by atoms with Crippen LogP contribution in [-0.2, 0) is 23.1 Å². The molecule has 0 fully saturated rings. The smallest absolute Gasteiger partial charge is 0.335 e. The summed E-state index contributed by atoms with van der Waals surface area (Å²) in [7, 11) is -2.06. The molecule has 6 heteroatoms. The number of carbonyl (C=O) groups excluding carboxylic acids is 1. The minimum absolute atomic E-state index is 0.115. The van der Waals surface area contributed by atoms with Gasteiger partial charge in [0.2, 0.25) is 0 Å². The number of rotatable bonds is 8. The second kappa shape index (κ2) is 8.78. The molecular formula is C15H21O5P. The van der Waals surface area contributed by atoms with Crippen molar-refractivity contribution in [3.63, 3.8) is 0 Å². The highest BCUT2D eigenvalue weighted by Crippen LogP contribution is 2.49. The highest BCUT2D eigenvalue weighted by molar-refractivity contribution is 7.54. The second-order valence-electron chi connectivity index (χ2n) is 4.18. The van der Waals surface area contributed by atoms with Crippen molar-refractivity contribution in [2.45, 2.75) is 13.8 Å². The van der Waals surface area contributed by atoms with E-state index in [0.717, 1.165) is 5.56 Å². The number of ether oxygens (including phenoxy) is 1. The highest BCUT2D eigenvalue weighted by atomic mass is 31.2. The lowest BCUT2D eigenvalue weighted by molar-refractivity contribution is -0.135. The van der Waals surface area contributed by atoms with Gasteiger partial charge in [-0.1, -0.05) is 30.3 Å². The van der Waals surface area contributed by atoms with Crippen molar-refractivity contribution in [2.24, 2.45) is 0 Å². The van der Waals surface area contributed by atoms with Crippen LogP contribution in [0, 0.1) is 0 Å². The molecule has 5 nitrogen and oxygen atoms in total. The zero-order chi connectivity index (χ0) is 15.7. The fourth-order valence-corrected chi connectivity index (χ4v) is 3.46. The first kappa shape index (κ1) is 17.6. The van der Waals surface area contributed by atoms with Crippen molar-refractivity contribution >= 4 is 19.6 Å². The second-order valence-corrected chi connectivity index (χ2v) is 6.23. The molecule has 0 aliphatic carbocycles. The Hall–Kier alpha value is -1.42. The Bertz CT molecular complexity index is 514. The van der Waals surface area contributed by atoms with Crippen LogP contribution in [0.3, 0.4) is 0 Å². The fourth-order valence-electron chi connectivity index (χ4n) is 1.78. The van der Waals surface area contributed by atoms with E-state index in [1.807, 2.05) is 30.3 Å². The zero-order valence-electron chi connectivity index (χ0n) is 12.6. The third kappa shape index (κ3) is 5.84. The van der Waals surface area contributed by atoms with Crippen LogP contribution in [0.4, 0.5) is 0 Å². The maximum absolute atomic E-state index is 12.5. The van der Waals surface area contributed by atoms with Gasteiger partial charge in [-0.15, -0.1) is 0 Å². The molecule has 0 amide bonds. The van der Waals surface area contributed by atoms with E-state index in [1.54, 1.807) is 19.9 Å². The summed E-state index contributed by atoms with van der Waals surface area (Å²) in [6.07, 6.45) is 1.52. The molecule has 21 heavy (non-hydrogen) atoms. The molecule has 0 unspecified atom stereocenters. The molecule has 0 bridgehead atoms. The Morgan fingerprint density at radius 3 is 2.19 bits per heavy atom. The van der Waals surface area contributed by atoms with Gasteiger partial charge >= 0.3 is 13.6 Å². The number of esters is 1. The van der Waals surface area contributed by atoms with Gasteiger partial charge in [-0.2, -0.15) is 0 Å². The molecule has 0 spiro atoms. The predicted molar refractivity (Wildman–Crippen MR) is 82.2 cm³/mol. The van der Waals surface area contributed by atoms with E-state index in [4.69, 9.17) is 13.8 Å². The van der Waals surface area contributed by atoms with Crippen LogP contribution in [-0.4, -0.2) is 32.5 Å².